The summed E-state index contributed by atoms with van der Waals surface area (Å²) in [5, 5.41) is 3.43. The van der Waals surface area contributed by atoms with E-state index in [4.69, 9.17) is 4.74 Å². The van der Waals surface area contributed by atoms with Gasteiger partial charge in [0.15, 0.2) is 0 Å². The van der Waals surface area contributed by atoms with Crippen molar-refractivity contribution < 1.29 is 4.74 Å². The third-order valence-electron chi connectivity index (χ3n) is 3.05. The lowest BCUT2D eigenvalue weighted by Gasteiger charge is -2.22. The minimum absolute atomic E-state index is 0.640. The van der Waals surface area contributed by atoms with Gasteiger partial charge >= 0.3 is 0 Å². The molecule has 0 aromatic carbocycles. The zero-order valence-electron chi connectivity index (χ0n) is 9.69. The lowest BCUT2D eigenvalue weighted by Crippen LogP contribution is -2.30. The number of nitrogens with zero attached hydrogens (tertiary/aromatic N) is 1. The molecule has 1 N–H and O–H groups in total. The van der Waals surface area contributed by atoms with E-state index in [0.717, 1.165) is 24.8 Å². The second-order valence-corrected chi connectivity index (χ2v) is 4.37. The Morgan fingerprint density at radius 3 is 3.19 bits per heavy atom. The predicted molar refractivity (Wildman–Crippen MR) is 64.1 cm³/mol. The van der Waals surface area contributed by atoms with Gasteiger partial charge in [0.1, 0.15) is 0 Å². The number of hydrogen-bond donors (Lipinski definition) is 1. The van der Waals surface area contributed by atoms with Crippen molar-refractivity contribution in [2.75, 3.05) is 19.7 Å². The number of hydrogen-bond acceptors (Lipinski definition) is 3. The molecule has 0 radical (unpaired) electrons. The highest BCUT2D eigenvalue weighted by Gasteiger charge is 2.12. The molecule has 0 bridgehead atoms. The van der Waals surface area contributed by atoms with Gasteiger partial charge in [-0.2, -0.15) is 0 Å². The topological polar surface area (TPSA) is 34.1 Å². The number of rotatable bonds is 5. The first kappa shape index (κ1) is 11.6. The van der Waals surface area contributed by atoms with Gasteiger partial charge in [0.2, 0.25) is 0 Å². The van der Waals surface area contributed by atoms with E-state index in [0.29, 0.717) is 6.61 Å². The first-order chi connectivity index (χ1) is 7.95. The minimum Gasteiger partial charge on any atom is -0.375 e. The van der Waals surface area contributed by atoms with Crippen molar-refractivity contribution in [2.45, 2.75) is 25.9 Å². The first-order valence-electron chi connectivity index (χ1n) is 6.13. The van der Waals surface area contributed by atoms with Gasteiger partial charge in [-0.25, -0.2) is 0 Å². The third-order valence-corrected chi connectivity index (χ3v) is 3.05. The van der Waals surface area contributed by atoms with Crippen molar-refractivity contribution in [2.24, 2.45) is 5.92 Å². The smallest absolute Gasteiger partial charge is 0.0887 e. The Kier molecular flexibility index (Phi) is 4.77. The van der Waals surface area contributed by atoms with Crippen LogP contribution in [0.5, 0.6) is 0 Å². The summed E-state index contributed by atoms with van der Waals surface area (Å²) in [6.45, 7) is 3.84. The monoisotopic (exact) mass is 220 g/mol. The Balaban J connectivity index is 1.58. The molecule has 3 heteroatoms. The Morgan fingerprint density at radius 2 is 2.44 bits per heavy atom. The molecule has 2 rings (SSSR count). The summed E-state index contributed by atoms with van der Waals surface area (Å²) in [6.07, 6.45) is 5.63. The van der Waals surface area contributed by atoms with Crippen LogP contribution in [0, 0.1) is 5.92 Å². The molecular formula is C13H20N2O. The number of aromatic nitrogens is 1. The van der Waals surface area contributed by atoms with E-state index in [1.165, 1.54) is 25.8 Å². The van der Waals surface area contributed by atoms with Gasteiger partial charge in [-0.05, 0) is 50.4 Å². The van der Waals surface area contributed by atoms with Crippen molar-refractivity contribution in [3.8, 4) is 0 Å². The first-order valence-corrected chi connectivity index (χ1v) is 6.13. The fraction of sp³-hybridized carbons (Fsp3) is 0.615. The zero-order valence-corrected chi connectivity index (χ0v) is 9.69. The summed E-state index contributed by atoms with van der Waals surface area (Å²) in [6, 6.07) is 5.93. The van der Waals surface area contributed by atoms with E-state index in [-0.39, 0.29) is 0 Å². The summed E-state index contributed by atoms with van der Waals surface area (Å²) < 4.78 is 5.63. The molecule has 3 nitrogen and oxygen atoms in total. The third kappa shape index (κ3) is 3.91. The average Bonchev–Trinajstić information content (AvgIpc) is 2.37. The normalized spacial score (nSPS) is 20.9. The lowest BCUT2D eigenvalue weighted by atomic mass is 9.97. The fourth-order valence-electron chi connectivity index (χ4n) is 2.08. The highest BCUT2D eigenvalue weighted by Crippen LogP contribution is 2.13. The number of ether oxygens (including phenoxy) is 1. The SMILES string of the molecule is c1ccc(COCC[C@H]2CCCNC2)nc1. The van der Waals surface area contributed by atoms with Crippen LogP contribution in [0.25, 0.3) is 0 Å². The van der Waals surface area contributed by atoms with Gasteiger partial charge in [0.05, 0.1) is 12.3 Å². The van der Waals surface area contributed by atoms with Gasteiger partial charge in [-0.1, -0.05) is 6.07 Å². The largest absolute Gasteiger partial charge is 0.375 e. The van der Waals surface area contributed by atoms with Crippen molar-refractivity contribution in [3.05, 3.63) is 30.1 Å². The molecule has 16 heavy (non-hydrogen) atoms. The van der Waals surface area contributed by atoms with Gasteiger partial charge in [0.25, 0.3) is 0 Å². The molecule has 1 aromatic rings. The molecule has 88 valence electrons. The maximum atomic E-state index is 5.63. The van der Waals surface area contributed by atoms with Crippen molar-refractivity contribution in [1.82, 2.24) is 10.3 Å². The Morgan fingerprint density at radius 1 is 1.44 bits per heavy atom. The quantitative estimate of drug-likeness (QED) is 0.771. The predicted octanol–water partition coefficient (Wildman–Crippen LogP) is 1.99. The molecule has 1 atom stereocenters. The number of piperidine rings is 1. The second-order valence-electron chi connectivity index (χ2n) is 4.37. The molecule has 2 heterocycles. The van der Waals surface area contributed by atoms with Gasteiger partial charge in [-0.15, -0.1) is 0 Å². The summed E-state index contributed by atoms with van der Waals surface area (Å²) in [5.41, 5.74) is 1.02. The maximum Gasteiger partial charge on any atom is 0.0887 e. The molecule has 1 fully saturated rings. The van der Waals surface area contributed by atoms with Crippen LogP contribution in [0.3, 0.4) is 0 Å². The van der Waals surface area contributed by atoms with E-state index >= 15 is 0 Å². The van der Waals surface area contributed by atoms with E-state index in [9.17, 15) is 0 Å². The van der Waals surface area contributed by atoms with E-state index in [1.807, 2.05) is 24.4 Å². The van der Waals surface area contributed by atoms with E-state index in [1.54, 1.807) is 0 Å². The second kappa shape index (κ2) is 6.61. The van der Waals surface area contributed by atoms with Gasteiger partial charge in [0, 0.05) is 12.8 Å². The van der Waals surface area contributed by atoms with Crippen LogP contribution in [-0.2, 0) is 11.3 Å². The molecule has 1 saturated heterocycles. The summed E-state index contributed by atoms with van der Waals surface area (Å²) in [5.74, 6) is 0.803. The Hall–Kier alpha value is -0.930. The standard InChI is InChI=1S/C13H20N2O/c1-2-8-15-13(5-1)11-16-9-6-12-4-3-7-14-10-12/h1-2,5,8,12,14H,3-4,6-7,9-11H2/t12-/m1/s1. The molecule has 1 aromatic heterocycles. The summed E-state index contributed by atoms with van der Waals surface area (Å²) in [4.78, 5) is 4.23. The Bertz CT molecular complexity index is 283. The van der Waals surface area contributed by atoms with E-state index in [2.05, 4.69) is 10.3 Å². The molecule has 0 saturated carbocycles. The summed E-state index contributed by atoms with van der Waals surface area (Å²) >= 11 is 0. The molecule has 0 spiro atoms. The zero-order chi connectivity index (χ0) is 11.1. The molecule has 0 aliphatic carbocycles. The van der Waals surface area contributed by atoms with Crippen LogP contribution in [0.15, 0.2) is 24.4 Å². The minimum atomic E-state index is 0.640. The maximum absolute atomic E-state index is 5.63. The molecule has 1 aliphatic rings. The van der Waals surface area contributed by atoms with Crippen LogP contribution in [0.2, 0.25) is 0 Å². The number of nitrogens with one attached hydrogen (secondary N) is 1. The lowest BCUT2D eigenvalue weighted by molar-refractivity contribution is 0.101. The Labute approximate surface area is 97.2 Å². The van der Waals surface area contributed by atoms with Gasteiger partial charge in [-0.3, -0.25) is 4.98 Å². The number of pyridine rings is 1. The van der Waals surface area contributed by atoms with Crippen LogP contribution < -0.4 is 5.32 Å². The fourth-order valence-corrected chi connectivity index (χ4v) is 2.08. The highest BCUT2D eigenvalue weighted by atomic mass is 16.5. The molecule has 1 aliphatic heterocycles. The van der Waals surface area contributed by atoms with Crippen LogP contribution >= 0.6 is 0 Å². The molecule has 0 amide bonds. The summed E-state index contributed by atoms with van der Waals surface area (Å²) in [7, 11) is 0. The van der Waals surface area contributed by atoms with E-state index < -0.39 is 0 Å². The van der Waals surface area contributed by atoms with Crippen LogP contribution in [0.1, 0.15) is 25.0 Å². The highest BCUT2D eigenvalue weighted by molar-refractivity contribution is 5.01. The van der Waals surface area contributed by atoms with Crippen molar-refractivity contribution in [3.63, 3.8) is 0 Å². The van der Waals surface area contributed by atoms with Crippen molar-refractivity contribution >= 4 is 0 Å². The van der Waals surface area contributed by atoms with Crippen LogP contribution in [0.4, 0.5) is 0 Å². The molecular weight excluding hydrogens is 200 g/mol. The molecule has 0 unspecified atom stereocenters. The van der Waals surface area contributed by atoms with Crippen molar-refractivity contribution in [1.29, 1.82) is 0 Å². The van der Waals surface area contributed by atoms with Gasteiger partial charge < -0.3 is 10.1 Å². The average molecular weight is 220 g/mol. The van der Waals surface area contributed by atoms with Crippen LogP contribution in [-0.4, -0.2) is 24.7 Å².